The van der Waals surface area contributed by atoms with Crippen molar-refractivity contribution in [1.29, 1.82) is 0 Å². The third-order valence-corrected chi connectivity index (χ3v) is 6.40. The Morgan fingerprint density at radius 1 is 1.21 bits per heavy atom. The number of thiazole rings is 1. The van der Waals surface area contributed by atoms with E-state index in [4.69, 9.17) is 10.7 Å². The minimum Gasteiger partial charge on any atom is -0.368 e. The maximum Gasteiger partial charge on any atom is 0.220 e. The SMILES string of the molecule is CCCSNc1cccc(-c2nc(C(C)(C)C)sc2-c2ccnc(N)n2)c1F. The lowest BCUT2D eigenvalue weighted by Gasteiger charge is -2.13. The third kappa shape index (κ3) is 4.44. The molecule has 0 spiro atoms. The largest absolute Gasteiger partial charge is 0.368 e. The van der Waals surface area contributed by atoms with Gasteiger partial charge in [-0.1, -0.05) is 45.7 Å². The Bertz CT molecular complexity index is 965. The number of aromatic nitrogens is 3. The highest BCUT2D eigenvalue weighted by molar-refractivity contribution is 8.00. The van der Waals surface area contributed by atoms with Crippen LogP contribution in [0.25, 0.3) is 21.8 Å². The molecule has 0 amide bonds. The summed E-state index contributed by atoms with van der Waals surface area (Å²) in [4.78, 5) is 13.9. The monoisotopic (exact) mass is 417 g/mol. The highest BCUT2D eigenvalue weighted by atomic mass is 32.2. The van der Waals surface area contributed by atoms with Gasteiger partial charge in [-0.05, 0) is 24.6 Å². The lowest BCUT2D eigenvalue weighted by molar-refractivity contribution is 0.585. The molecule has 0 aliphatic rings. The first-order chi connectivity index (χ1) is 13.3. The summed E-state index contributed by atoms with van der Waals surface area (Å²) < 4.78 is 18.4. The van der Waals surface area contributed by atoms with Crippen molar-refractivity contribution >= 4 is 34.9 Å². The Hall–Kier alpha value is -2.19. The molecule has 2 aromatic heterocycles. The first kappa shape index (κ1) is 20.5. The maximum atomic E-state index is 15.3. The zero-order valence-electron chi connectivity index (χ0n) is 16.4. The molecule has 0 atom stereocenters. The van der Waals surface area contributed by atoms with Crippen LogP contribution >= 0.6 is 23.3 Å². The summed E-state index contributed by atoms with van der Waals surface area (Å²) >= 11 is 3.00. The summed E-state index contributed by atoms with van der Waals surface area (Å²) in [6.45, 7) is 8.35. The number of hydrogen-bond acceptors (Lipinski definition) is 7. The summed E-state index contributed by atoms with van der Waals surface area (Å²) in [6.07, 6.45) is 2.62. The topological polar surface area (TPSA) is 76.7 Å². The number of nitrogens with one attached hydrogen (secondary N) is 1. The van der Waals surface area contributed by atoms with E-state index in [2.05, 4.69) is 42.4 Å². The van der Waals surface area contributed by atoms with Gasteiger partial charge in [0.2, 0.25) is 5.95 Å². The van der Waals surface area contributed by atoms with Crippen LogP contribution in [0.2, 0.25) is 0 Å². The van der Waals surface area contributed by atoms with Gasteiger partial charge in [0.05, 0.1) is 27.0 Å². The molecule has 148 valence electrons. The molecule has 3 aromatic rings. The number of nitrogens with zero attached hydrogens (tertiary/aromatic N) is 3. The fourth-order valence-corrected chi connectivity index (χ4v) is 4.25. The maximum absolute atomic E-state index is 15.3. The van der Waals surface area contributed by atoms with Crippen molar-refractivity contribution in [2.45, 2.75) is 39.5 Å². The number of hydrogen-bond donors (Lipinski definition) is 2. The molecular weight excluding hydrogens is 393 g/mol. The molecule has 0 radical (unpaired) electrons. The Balaban J connectivity index is 2.13. The van der Waals surface area contributed by atoms with Gasteiger partial charge in [0.1, 0.15) is 0 Å². The van der Waals surface area contributed by atoms with Crippen LogP contribution in [0.15, 0.2) is 30.5 Å². The van der Waals surface area contributed by atoms with Crippen molar-refractivity contribution in [3.8, 4) is 21.8 Å². The van der Waals surface area contributed by atoms with Gasteiger partial charge in [0, 0.05) is 22.9 Å². The second-order valence-electron chi connectivity index (χ2n) is 7.36. The lowest BCUT2D eigenvalue weighted by atomic mass is 9.98. The highest BCUT2D eigenvalue weighted by Gasteiger charge is 2.25. The molecule has 5 nitrogen and oxygen atoms in total. The molecule has 28 heavy (non-hydrogen) atoms. The molecule has 3 N–H and O–H groups in total. The number of nitrogen functional groups attached to an aromatic ring is 1. The van der Waals surface area contributed by atoms with Gasteiger partial charge in [-0.3, -0.25) is 0 Å². The fourth-order valence-electron chi connectivity index (χ4n) is 2.52. The van der Waals surface area contributed by atoms with Crippen LogP contribution < -0.4 is 10.5 Å². The average molecular weight is 418 g/mol. The number of anilines is 2. The molecular formula is C20H24FN5S2. The van der Waals surface area contributed by atoms with Crippen LogP contribution in [-0.2, 0) is 5.41 Å². The summed E-state index contributed by atoms with van der Waals surface area (Å²) in [5.74, 6) is 0.765. The standard InChI is InChI=1S/C20H24FN5S2/c1-5-11-27-26-13-8-6-7-12(15(13)21)16-17(14-9-10-23-19(22)24-14)28-18(25-16)20(2,3)4/h6-10,26H,5,11H2,1-4H3,(H2,22,23,24). The molecule has 0 saturated heterocycles. The van der Waals surface area contributed by atoms with Crippen molar-refractivity contribution in [2.24, 2.45) is 0 Å². The van der Waals surface area contributed by atoms with Gasteiger partial charge in [0.15, 0.2) is 5.82 Å². The molecule has 0 aliphatic heterocycles. The average Bonchev–Trinajstić information content (AvgIpc) is 3.09. The quantitative estimate of drug-likeness (QED) is 0.392. The Morgan fingerprint density at radius 3 is 2.68 bits per heavy atom. The van der Waals surface area contributed by atoms with Gasteiger partial charge in [-0.25, -0.2) is 19.3 Å². The van der Waals surface area contributed by atoms with Gasteiger partial charge in [0.25, 0.3) is 0 Å². The molecule has 0 aliphatic carbocycles. The van der Waals surface area contributed by atoms with Gasteiger partial charge in [-0.2, -0.15) is 0 Å². The van der Waals surface area contributed by atoms with Crippen LogP contribution in [0.4, 0.5) is 16.0 Å². The van der Waals surface area contributed by atoms with Gasteiger partial charge >= 0.3 is 0 Å². The molecule has 0 bridgehead atoms. The third-order valence-electron chi connectivity index (χ3n) is 3.92. The molecule has 0 fully saturated rings. The molecule has 2 heterocycles. The summed E-state index contributed by atoms with van der Waals surface area (Å²) in [6, 6.07) is 7.10. The molecule has 0 saturated carbocycles. The van der Waals surface area contributed by atoms with Crippen LogP contribution in [0.1, 0.15) is 39.1 Å². The van der Waals surface area contributed by atoms with Crippen LogP contribution in [-0.4, -0.2) is 20.7 Å². The van der Waals surface area contributed by atoms with E-state index in [-0.39, 0.29) is 17.2 Å². The molecule has 3 rings (SSSR count). The number of benzene rings is 1. The number of halogens is 1. The van der Waals surface area contributed by atoms with Crippen molar-refractivity contribution in [2.75, 3.05) is 16.2 Å². The number of nitrogens with two attached hydrogens (primary N) is 1. The predicted molar refractivity (Wildman–Crippen MR) is 118 cm³/mol. The van der Waals surface area contributed by atoms with E-state index in [0.717, 1.165) is 22.1 Å². The zero-order chi connectivity index (χ0) is 20.3. The van der Waals surface area contributed by atoms with E-state index >= 15 is 4.39 Å². The van der Waals surface area contributed by atoms with Crippen LogP contribution in [0, 0.1) is 5.82 Å². The van der Waals surface area contributed by atoms with Crippen molar-refractivity contribution in [3.05, 3.63) is 41.3 Å². The second kappa shape index (κ2) is 8.45. The van der Waals surface area contributed by atoms with Crippen molar-refractivity contribution < 1.29 is 4.39 Å². The van der Waals surface area contributed by atoms with Crippen LogP contribution in [0.5, 0.6) is 0 Å². The Kier molecular flexibility index (Phi) is 6.20. The molecule has 0 unspecified atom stereocenters. The second-order valence-corrected chi connectivity index (χ2v) is 9.26. The van der Waals surface area contributed by atoms with Crippen molar-refractivity contribution in [3.63, 3.8) is 0 Å². The smallest absolute Gasteiger partial charge is 0.220 e. The van der Waals surface area contributed by atoms with Gasteiger partial charge < -0.3 is 10.5 Å². The number of rotatable bonds is 6. The van der Waals surface area contributed by atoms with E-state index in [1.54, 1.807) is 24.4 Å². The van der Waals surface area contributed by atoms with E-state index in [9.17, 15) is 0 Å². The molecule has 1 aromatic carbocycles. The zero-order valence-corrected chi connectivity index (χ0v) is 18.0. The van der Waals surface area contributed by atoms with Crippen molar-refractivity contribution in [1.82, 2.24) is 15.0 Å². The van der Waals surface area contributed by atoms with E-state index in [1.165, 1.54) is 23.3 Å². The van der Waals surface area contributed by atoms with E-state index < -0.39 is 0 Å². The van der Waals surface area contributed by atoms with Gasteiger partial charge in [-0.15, -0.1) is 11.3 Å². The van der Waals surface area contributed by atoms with Crippen LogP contribution in [0.3, 0.4) is 0 Å². The first-order valence-corrected chi connectivity index (χ1v) is 10.9. The van der Waals surface area contributed by atoms with E-state index in [0.29, 0.717) is 22.6 Å². The minimum absolute atomic E-state index is 0.167. The minimum atomic E-state index is -0.319. The van der Waals surface area contributed by atoms with E-state index in [1.807, 2.05) is 6.07 Å². The predicted octanol–water partition coefficient (Wildman–Crippen LogP) is 5.76. The highest BCUT2D eigenvalue weighted by Crippen LogP contribution is 2.41. The Labute approximate surface area is 173 Å². The summed E-state index contributed by atoms with van der Waals surface area (Å²) in [5, 5.41) is 0.910. The Morgan fingerprint density at radius 2 is 2.00 bits per heavy atom. The lowest BCUT2D eigenvalue weighted by Crippen LogP contribution is -2.10. The summed E-state index contributed by atoms with van der Waals surface area (Å²) in [7, 11) is 0. The first-order valence-electron chi connectivity index (χ1n) is 9.08. The fraction of sp³-hybridized carbons (Fsp3) is 0.350. The summed E-state index contributed by atoms with van der Waals surface area (Å²) in [5.41, 5.74) is 7.73. The normalized spacial score (nSPS) is 11.6. The molecule has 8 heteroatoms.